The average molecular weight is 393 g/mol. The van der Waals surface area contributed by atoms with E-state index in [0.717, 1.165) is 37.8 Å². The van der Waals surface area contributed by atoms with E-state index in [0.29, 0.717) is 11.1 Å². The van der Waals surface area contributed by atoms with Gasteiger partial charge in [0, 0.05) is 17.6 Å². The predicted molar refractivity (Wildman–Crippen MR) is 106 cm³/mol. The highest BCUT2D eigenvalue weighted by molar-refractivity contribution is 7.89. The lowest BCUT2D eigenvalue weighted by Crippen LogP contribution is -2.35. The number of aryl methyl sites for hydroxylation is 1. The van der Waals surface area contributed by atoms with Crippen molar-refractivity contribution in [2.45, 2.75) is 50.1 Å². The van der Waals surface area contributed by atoms with Crippen LogP contribution in [0.1, 0.15) is 36.5 Å². The summed E-state index contributed by atoms with van der Waals surface area (Å²) in [5.74, 6) is 0. The van der Waals surface area contributed by atoms with Crippen molar-refractivity contribution < 1.29 is 8.42 Å². The molecule has 0 spiro atoms. The fraction of sp³-hybridized carbons (Fsp3) is 0.400. The number of benzene rings is 2. The number of sulfonamides is 1. The molecule has 3 rings (SSSR count). The molecule has 2 aromatic carbocycles. The monoisotopic (exact) mass is 392 g/mol. The molecule has 2 N–H and O–H groups in total. The summed E-state index contributed by atoms with van der Waals surface area (Å²) in [6, 6.07) is 13.0. The van der Waals surface area contributed by atoms with Gasteiger partial charge in [0.15, 0.2) is 0 Å². The van der Waals surface area contributed by atoms with Gasteiger partial charge in [-0.2, -0.15) is 0 Å². The lowest BCUT2D eigenvalue weighted by molar-refractivity contribution is 0.459. The number of fused-ring (bicyclic) bond motifs is 1. The van der Waals surface area contributed by atoms with Gasteiger partial charge in [-0.1, -0.05) is 36.7 Å². The van der Waals surface area contributed by atoms with Gasteiger partial charge < -0.3 is 5.32 Å². The summed E-state index contributed by atoms with van der Waals surface area (Å²) in [5.41, 5.74) is 3.69. The number of rotatable bonds is 7. The van der Waals surface area contributed by atoms with Crippen LogP contribution in [0.15, 0.2) is 47.4 Å². The molecule has 1 aliphatic rings. The molecule has 140 valence electrons. The number of halogens is 1. The first-order valence-corrected chi connectivity index (χ1v) is 10.9. The summed E-state index contributed by atoms with van der Waals surface area (Å²) in [6.45, 7) is 3.53. The summed E-state index contributed by atoms with van der Waals surface area (Å²) in [4.78, 5) is 0.227. The van der Waals surface area contributed by atoms with Crippen molar-refractivity contribution in [1.29, 1.82) is 0 Å². The maximum absolute atomic E-state index is 12.4. The molecular weight excluding hydrogens is 368 g/mol. The first-order chi connectivity index (χ1) is 12.5. The minimum atomic E-state index is -3.53. The number of hydrogen-bond acceptors (Lipinski definition) is 3. The third kappa shape index (κ3) is 4.86. The Balaban J connectivity index is 1.64. The number of nitrogens with one attached hydrogen (secondary N) is 2. The van der Waals surface area contributed by atoms with Gasteiger partial charge in [-0.15, -0.1) is 0 Å². The topological polar surface area (TPSA) is 58.2 Å². The van der Waals surface area contributed by atoms with Crippen LogP contribution >= 0.6 is 11.6 Å². The standard InChI is InChI=1S/C20H25ClN2O2S/c1-2-11-22-19-8-5-16-12-15(3-4-17(16)13-19)14-23-26(24,25)20-9-6-18(21)7-10-20/h3-4,6-7,9-10,12,19,22-23H,2,5,8,11,13-14H2,1H3. The van der Waals surface area contributed by atoms with E-state index in [2.05, 4.69) is 29.1 Å². The van der Waals surface area contributed by atoms with Crippen LogP contribution < -0.4 is 10.0 Å². The Hall–Kier alpha value is -1.40. The van der Waals surface area contributed by atoms with Gasteiger partial charge in [-0.3, -0.25) is 0 Å². The highest BCUT2D eigenvalue weighted by atomic mass is 35.5. The van der Waals surface area contributed by atoms with Gasteiger partial charge in [0.05, 0.1) is 4.90 Å². The number of hydrogen-bond donors (Lipinski definition) is 2. The smallest absolute Gasteiger partial charge is 0.240 e. The molecule has 1 unspecified atom stereocenters. The Morgan fingerprint density at radius 3 is 2.62 bits per heavy atom. The normalized spacial score (nSPS) is 17.1. The Kier molecular flexibility index (Phi) is 6.35. The van der Waals surface area contributed by atoms with Crippen LogP contribution in [0, 0.1) is 0 Å². The van der Waals surface area contributed by atoms with E-state index in [1.807, 2.05) is 6.07 Å². The fourth-order valence-electron chi connectivity index (χ4n) is 3.32. The minimum absolute atomic E-state index is 0.227. The Morgan fingerprint density at radius 2 is 1.88 bits per heavy atom. The molecule has 4 nitrogen and oxygen atoms in total. The third-order valence-electron chi connectivity index (χ3n) is 4.77. The van der Waals surface area contributed by atoms with Crippen LogP contribution in [0.5, 0.6) is 0 Å². The van der Waals surface area contributed by atoms with Crippen molar-refractivity contribution >= 4 is 21.6 Å². The van der Waals surface area contributed by atoms with Gasteiger partial charge in [0.1, 0.15) is 0 Å². The van der Waals surface area contributed by atoms with Crippen molar-refractivity contribution in [3.63, 3.8) is 0 Å². The fourth-order valence-corrected chi connectivity index (χ4v) is 4.46. The SMILES string of the molecule is CCCNC1CCc2cc(CNS(=O)(=O)c3ccc(Cl)cc3)ccc2C1. The first kappa shape index (κ1) is 19.4. The van der Waals surface area contributed by atoms with Gasteiger partial charge in [-0.05, 0) is 73.2 Å². The van der Waals surface area contributed by atoms with E-state index in [4.69, 9.17) is 11.6 Å². The van der Waals surface area contributed by atoms with Crippen molar-refractivity contribution in [2.24, 2.45) is 0 Å². The van der Waals surface area contributed by atoms with E-state index >= 15 is 0 Å². The van der Waals surface area contributed by atoms with Crippen LogP contribution in [0.3, 0.4) is 0 Å². The Morgan fingerprint density at radius 1 is 1.12 bits per heavy atom. The molecule has 1 atom stereocenters. The van der Waals surface area contributed by atoms with E-state index in [1.165, 1.54) is 23.3 Å². The molecule has 26 heavy (non-hydrogen) atoms. The van der Waals surface area contributed by atoms with Crippen molar-refractivity contribution in [3.05, 3.63) is 64.2 Å². The Bertz CT molecular complexity index is 851. The zero-order valence-corrected chi connectivity index (χ0v) is 16.5. The summed E-state index contributed by atoms with van der Waals surface area (Å²) in [6.07, 6.45) is 4.36. The molecule has 0 bridgehead atoms. The van der Waals surface area contributed by atoms with Crippen LogP contribution in [-0.2, 0) is 29.4 Å². The molecule has 1 aliphatic carbocycles. The molecule has 2 aromatic rings. The molecule has 0 amide bonds. The summed E-state index contributed by atoms with van der Waals surface area (Å²) >= 11 is 5.82. The summed E-state index contributed by atoms with van der Waals surface area (Å²) in [5, 5.41) is 4.11. The second-order valence-electron chi connectivity index (χ2n) is 6.78. The van der Waals surface area contributed by atoms with Gasteiger partial charge in [-0.25, -0.2) is 13.1 Å². The first-order valence-electron chi connectivity index (χ1n) is 9.07. The van der Waals surface area contributed by atoms with Crippen LogP contribution in [0.4, 0.5) is 0 Å². The van der Waals surface area contributed by atoms with E-state index < -0.39 is 10.0 Å². The molecule has 0 radical (unpaired) electrons. The van der Waals surface area contributed by atoms with Crippen LogP contribution in [0.25, 0.3) is 0 Å². The van der Waals surface area contributed by atoms with Gasteiger partial charge in [0.25, 0.3) is 0 Å². The minimum Gasteiger partial charge on any atom is -0.314 e. The maximum atomic E-state index is 12.4. The van der Waals surface area contributed by atoms with Crippen molar-refractivity contribution in [3.8, 4) is 0 Å². The van der Waals surface area contributed by atoms with Crippen molar-refractivity contribution in [2.75, 3.05) is 6.54 Å². The summed E-state index contributed by atoms with van der Waals surface area (Å²) < 4.78 is 27.4. The molecule has 0 saturated carbocycles. The molecular formula is C20H25ClN2O2S. The lowest BCUT2D eigenvalue weighted by Gasteiger charge is -2.26. The maximum Gasteiger partial charge on any atom is 0.240 e. The molecule has 6 heteroatoms. The quantitative estimate of drug-likeness (QED) is 0.755. The van der Waals surface area contributed by atoms with Crippen molar-refractivity contribution in [1.82, 2.24) is 10.0 Å². The second kappa shape index (κ2) is 8.53. The summed E-state index contributed by atoms with van der Waals surface area (Å²) in [7, 11) is -3.53. The van der Waals surface area contributed by atoms with E-state index in [9.17, 15) is 8.42 Å². The highest BCUT2D eigenvalue weighted by Gasteiger charge is 2.19. The highest BCUT2D eigenvalue weighted by Crippen LogP contribution is 2.23. The van der Waals surface area contributed by atoms with Crippen LogP contribution in [0.2, 0.25) is 5.02 Å². The largest absolute Gasteiger partial charge is 0.314 e. The Labute approximate surface area is 161 Å². The predicted octanol–water partition coefficient (Wildman–Crippen LogP) is 3.68. The molecule has 0 aliphatic heterocycles. The van der Waals surface area contributed by atoms with Gasteiger partial charge in [0.2, 0.25) is 10.0 Å². The molecule has 0 saturated heterocycles. The van der Waals surface area contributed by atoms with E-state index in [-0.39, 0.29) is 11.4 Å². The zero-order chi connectivity index (χ0) is 18.6. The van der Waals surface area contributed by atoms with E-state index in [1.54, 1.807) is 12.1 Å². The van der Waals surface area contributed by atoms with Crippen LogP contribution in [-0.4, -0.2) is 21.0 Å². The molecule has 0 fully saturated rings. The lowest BCUT2D eigenvalue weighted by atomic mass is 9.87. The average Bonchev–Trinajstić information content (AvgIpc) is 2.65. The molecule has 0 heterocycles. The van der Waals surface area contributed by atoms with Gasteiger partial charge >= 0.3 is 0 Å². The zero-order valence-electron chi connectivity index (χ0n) is 15.0. The molecule has 0 aromatic heterocycles. The third-order valence-corrected chi connectivity index (χ3v) is 6.44. The second-order valence-corrected chi connectivity index (χ2v) is 8.98.